The highest BCUT2D eigenvalue weighted by Crippen LogP contribution is 2.16. The smallest absolute Gasteiger partial charge is 0.225 e. The summed E-state index contributed by atoms with van der Waals surface area (Å²) in [6.07, 6.45) is 0.301. The van der Waals surface area contributed by atoms with E-state index in [0.717, 1.165) is 16.3 Å². The van der Waals surface area contributed by atoms with Crippen LogP contribution in [0.2, 0.25) is 0 Å². The van der Waals surface area contributed by atoms with Gasteiger partial charge in [0, 0.05) is 0 Å². The summed E-state index contributed by atoms with van der Waals surface area (Å²) in [6.45, 7) is 3.84. The van der Waals surface area contributed by atoms with Gasteiger partial charge in [0.25, 0.3) is 0 Å². The Labute approximate surface area is 119 Å². The van der Waals surface area contributed by atoms with Crippen LogP contribution >= 0.6 is 0 Å². The van der Waals surface area contributed by atoms with Crippen LogP contribution in [0, 0.1) is 17.2 Å². The molecule has 2 aromatic carbocycles. The molecular formula is C17H18N2O. The fraction of sp³-hybridized carbons (Fsp3) is 0.294. The van der Waals surface area contributed by atoms with Crippen molar-refractivity contribution in [3.05, 3.63) is 48.0 Å². The minimum absolute atomic E-state index is 0.111. The number of nitrogens with zero attached hydrogens (tertiary/aromatic N) is 1. The van der Waals surface area contributed by atoms with Gasteiger partial charge in [0.1, 0.15) is 6.04 Å². The molecule has 3 heteroatoms. The van der Waals surface area contributed by atoms with Crippen LogP contribution in [0.3, 0.4) is 0 Å². The highest BCUT2D eigenvalue weighted by molar-refractivity contribution is 5.85. The number of benzene rings is 2. The van der Waals surface area contributed by atoms with Crippen LogP contribution in [-0.4, -0.2) is 11.9 Å². The minimum Gasteiger partial charge on any atom is -0.340 e. The average Bonchev–Trinajstić information content (AvgIpc) is 2.44. The van der Waals surface area contributed by atoms with Crippen molar-refractivity contribution in [2.45, 2.75) is 26.3 Å². The number of carbonyl (C=O) groups excluding carboxylic acids is 1. The number of fused-ring (bicyclic) bond motifs is 1. The first-order valence-electron chi connectivity index (χ1n) is 6.77. The predicted molar refractivity (Wildman–Crippen MR) is 80.0 cm³/mol. The maximum absolute atomic E-state index is 12.0. The zero-order chi connectivity index (χ0) is 14.5. The van der Waals surface area contributed by atoms with Gasteiger partial charge < -0.3 is 5.32 Å². The van der Waals surface area contributed by atoms with E-state index in [2.05, 4.69) is 11.4 Å². The molecule has 102 valence electrons. The number of nitrogens with one attached hydrogen (secondary N) is 1. The van der Waals surface area contributed by atoms with Crippen molar-refractivity contribution in [3.8, 4) is 6.07 Å². The van der Waals surface area contributed by atoms with Crippen molar-refractivity contribution in [1.82, 2.24) is 5.32 Å². The van der Waals surface area contributed by atoms with E-state index in [1.54, 1.807) is 0 Å². The first-order valence-corrected chi connectivity index (χ1v) is 6.77. The fourth-order valence-electron chi connectivity index (χ4n) is 2.11. The molecule has 2 rings (SSSR count). The number of nitriles is 1. The summed E-state index contributed by atoms with van der Waals surface area (Å²) >= 11 is 0. The van der Waals surface area contributed by atoms with Crippen molar-refractivity contribution in [2.75, 3.05) is 0 Å². The van der Waals surface area contributed by atoms with E-state index in [-0.39, 0.29) is 11.8 Å². The van der Waals surface area contributed by atoms with Crippen molar-refractivity contribution in [1.29, 1.82) is 5.26 Å². The SMILES string of the molecule is CC(C)C(C#N)NC(=O)Cc1ccc2ccccc2c1. The maximum atomic E-state index is 12.0. The minimum atomic E-state index is -0.428. The van der Waals surface area contributed by atoms with Gasteiger partial charge >= 0.3 is 0 Å². The molecule has 0 aliphatic carbocycles. The second-order valence-corrected chi connectivity index (χ2v) is 5.28. The first kappa shape index (κ1) is 14.1. The summed E-state index contributed by atoms with van der Waals surface area (Å²) < 4.78 is 0. The number of rotatable bonds is 4. The van der Waals surface area contributed by atoms with Crippen LogP contribution in [0.4, 0.5) is 0 Å². The zero-order valence-electron chi connectivity index (χ0n) is 11.8. The van der Waals surface area contributed by atoms with Crippen molar-refractivity contribution in [2.24, 2.45) is 5.92 Å². The van der Waals surface area contributed by atoms with E-state index in [1.807, 2.05) is 56.3 Å². The lowest BCUT2D eigenvalue weighted by atomic mass is 10.0. The van der Waals surface area contributed by atoms with Crippen LogP contribution in [0.1, 0.15) is 19.4 Å². The van der Waals surface area contributed by atoms with Crippen molar-refractivity contribution in [3.63, 3.8) is 0 Å². The molecule has 1 atom stereocenters. The number of hydrogen-bond donors (Lipinski definition) is 1. The summed E-state index contributed by atoms with van der Waals surface area (Å²) in [4.78, 5) is 12.0. The van der Waals surface area contributed by atoms with Gasteiger partial charge in [-0.2, -0.15) is 5.26 Å². The Morgan fingerprint density at radius 2 is 1.90 bits per heavy atom. The topological polar surface area (TPSA) is 52.9 Å². The molecule has 2 aromatic rings. The number of amides is 1. The van der Waals surface area contributed by atoms with Crippen molar-refractivity contribution < 1.29 is 4.79 Å². The predicted octanol–water partition coefficient (Wildman–Crippen LogP) is 3.05. The Morgan fingerprint density at radius 1 is 1.20 bits per heavy atom. The van der Waals surface area contributed by atoms with Crippen LogP contribution in [0.5, 0.6) is 0 Å². The molecule has 0 aliphatic rings. The Kier molecular flexibility index (Phi) is 4.37. The summed E-state index contributed by atoms with van der Waals surface area (Å²) in [5.74, 6) is 0.00100. The van der Waals surface area contributed by atoms with Gasteiger partial charge in [-0.15, -0.1) is 0 Å². The third kappa shape index (κ3) is 3.36. The molecule has 0 fully saturated rings. The third-order valence-corrected chi connectivity index (χ3v) is 3.30. The van der Waals surface area contributed by atoms with Crippen LogP contribution < -0.4 is 5.32 Å². The number of carbonyl (C=O) groups is 1. The molecule has 0 heterocycles. The van der Waals surface area contributed by atoms with E-state index in [1.165, 1.54) is 0 Å². The maximum Gasteiger partial charge on any atom is 0.225 e. The van der Waals surface area contributed by atoms with Gasteiger partial charge in [-0.3, -0.25) is 4.79 Å². The normalized spacial score (nSPS) is 12.1. The van der Waals surface area contributed by atoms with Crippen LogP contribution in [-0.2, 0) is 11.2 Å². The molecule has 20 heavy (non-hydrogen) atoms. The lowest BCUT2D eigenvalue weighted by molar-refractivity contribution is -0.121. The van der Waals surface area contributed by atoms with E-state index in [9.17, 15) is 4.79 Å². The Morgan fingerprint density at radius 3 is 2.55 bits per heavy atom. The van der Waals surface area contributed by atoms with Gasteiger partial charge in [0.2, 0.25) is 5.91 Å². The molecule has 1 unspecified atom stereocenters. The summed E-state index contributed by atoms with van der Waals surface area (Å²) in [5, 5.41) is 14.0. The highest BCUT2D eigenvalue weighted by atomic mass is 16.1. The van der Waals surface area contributed by atoms with Crippen LogP contribution in [0.15, 0.2) is 42.5 Å². The monoisotopic (exact) mass is 266 g/mol. The highest BCUT2D eigenvalue weighted by Gasteiger charge is 2.15. The zero-order valence-corrected chi connectivity index (χ0v) is 11.8. The molecule has 3 nitrogen and oxygen atoms in total. The first-order chi connectivity index (χ1) is 9.60. The van der Waals surface area contributed by atoms with Gasteiger partial charge in [-0.1, -0.05) is 56.3 Å². The van der Waals surface area contributed by atoms with Crippen molar-refractivity contribution >= 4 is 16.7 Å². The van der Waals surface area contributed by atoms with E-state index >= 15 is 0 Å². The van der Waals surface area contributed by atoms with Crippen LogP contribution in [0.25, 0.3) is 10.8 Å². The molecule has 1 N–H and O–H groups in total. The molecular weight excluding hydrogens is 248 g/mol. The average molecular weight is 266 g/mol. The molecule has 1 amide bonds. The molecule has 0 aliphatic heterocycles. The lowest BCUT2D eigenvalue weighted by Gasteiger charge is -2.14. The fourth-order valence-corrected chi connectivity index (χ4v) is 2.11. The van der Waals surface area contributed by atoms with E-state index in [0.29, 0.717) is 6.42 Å². The van der Waals surface area contributed by atoms with Gasteiger partial charge in [0.05, 0.1) is 12.5 Å². The second kappa shape index (κ2) is 6.21. The third-order valence-electron chi connectivity index (χ3n) is 3.30. The Balaban J connectivity index is 2.08. The quantitative estimate of drug-likeness (QED) is 0.924. The molecule has 0 saturated heterocycles. The van der Waals surface area contributed by atoms with Gasteiger partial charge in [-0.25, -0.2) is 0 Å². The van der Waals surface area contributed by atoms with Gasteiger partial charge in [-0.05, 0) is 22.3 Å². The lowest BCUT2D eigenvalue weighted by Crippen LogP contribution is -2.38. The summed E-state index contributed by atoms with van der Waals surface area (Å²) in [5.41, 5.74) is 0.960. The molecule has 0 aromatic heterocycles. The molecule has 0 radical (unpaired) electrons. The van der Waals surface area contributed by atoms with Gasteiger partial charge in [0.15, 0.2) is 0 Å². The second-order valence-electron chi connectivity index (χ2n) is 5.28. The summed E-state index contributed by atoms with van der Waals surface area (Å²) in [7, 11) is 0. The largest absolute Gasteiger partial charge is 0.340 e. The van der Waals surface area contributed by atoms with E-state index in [4.69, 9.17) is 5.26 Å². The molecule has 0 spiro atoms. The molecule has 0 bridgehead atoms. The number of hydrogen-bond acceptors (Lipinski definition) is 2. The Bertz CT molecular complexity index is 655. The molecule has 0 saturated carbocycles. The standard InChI is InChI=1S/C17H18N2O/c1-12(2)16(11-18)19-17(20)10-13-7-8-14-5-3-4-6-15(14)9-13/h3-9,12,16H,10H2,1-2H3,(H,19,20). The van der Waals surface area contributed by atoms with E-state index < -0.39 is 6.04 Å². The Hall–Kier alpha value is -2.34. The summed E-state index contributed by atoms with van der Waals surface area (Å²) in [6, 6.07) is 15.7.